The molecule has 0 bridgehead atoms. The molecule has 1 N–H and O–H groups in total. The van der Waals surface area contributed by atoms with E-state index in [-0.39, 0.29) is 12.1 Å². The van der Waals surface area contributed by atoms with Gasteiger partial charge in [-0.3, -0.25) is 4.90 Å². The highest BCUT2D eigenvalue weighted by molar-refractivity contribution is 4.81. The van der Waals surface area contributed by atoms with Crippen LogP contribution in [-0.2, 0) is 0 Å². The molecule has 0 aliphatic heterocycles. The van der Waals surface area contributed by atoms with E-state index >= 15 is 0 Å². The van der Waals surface area contributed by atoms with E-state index in [2.05, 4.69) is 6.07 Å². The van der Waals surface area contributed by atoms with Crippen molar-refractivity contribution < 1.29 is 5.11 Å². The van der Waals surface area contributed by atoms with Crippen LogP contribution in [0.25, 0.3) is 0 Å². The van der Waals surface area contributed by atoms with Crippen molar-refractivity contribution >= 4 is 0 Å². The number of nitriles is 1. The molecule has 0 radical (unpaired) electrons. The molecule has 0 saturated heterocycles. The Hall–Kier alpha value is -0.590. The standard InChI is InChI=1S/C8H16N2O/c1-8(2,7-11)10(3)6-4-5-9/h11H,4,6-7H2,1-3H3. The maximum absolute atomic E-state index is 8.94. The number of hydrogen-bond donors (Lipinski definition) is 1. The molecule has 0 unspecified atom stereocenters. The maximum atomic E-state index is 8.94. The summed E-state index contributed by atoms with van der Waals surface area (Å²) in [5, 5.41) is 17.3. The van der Waals surface area contributed by atoms with Crippen molar-refractivity contribution in [3.05, 3.63) is 0 Å². The lowest BCUT2D eigenvalue weighted by molar-refractivity contribution is 0.0809. The van der Waals surface area contributed by atoms with Crippen molar-refractivity contribution in [2.75, 3.05) is 20.2 Å². The number of rotatable bonds is 4. The van der Waals surface area contributed by atoms with E-state index in [0.717, 1.165) is 0 Å². The van der Waals surface area contributed by atoms with Crippen LogP contribution in [0.4, 0.5) is 0 Å². The molecule has 0 atom stereocenters. The first-order valence-corrected chi connectivity index (χ1v) is 3.73. The van der Waals surface area contributed by atoms with Crippen LogP contribution in [0.1, 0.15) is 20.3 Å². The smallest absolute Gasteiger partial charge is 0.0635 e. The van der Waals surface area contributed by atoms with Gasteiger partial charge in [0.2, 0.25) is 0 Å². The fourth-order valence-electron chi connectivity index (χ4n) is 0.641. The van der Waals surface area contributed by atoms with Gasteiger partial charge in [-0.2, -0.15) is 5.26 Å². The van der Waals surface area contributed by atoms with Crippen LogP contribution in [-0.4, -0.2) is 35.7 Å². The second-order valence-corrected chi connectivity index (χ2v) is 3.30. The molecule has 0 rings (SSSR count). The molecular weight excluding hydrogens is 140 g/mol. The summed E-state index contributed by atoms with van der Waals surface area (Å²) >= 11 is 0. The molecule has 3 heteroatoms. The Morgan fingerprint density at radius 2 is 2.09 bits per heavy atom. The fourth-order valence-corrected chi connectivity index (χ4v) is 0.641. The number of hydrogen-bond acceptors (Lipinski definition) is 3. The van der Waals surface area contributed by atoms with Gasteiger partial charge in [-0.1, -0.05) is 0 Å². The van der Waals surface area contributed by atoms with Crippen LogP contribution in [0.5, 0.6) is 0 Å². The van der Waals surface area contributed by atoms with Gasteiger partial charge in [0.15, 0.2) is 0 Å². The summed E-state index contributed by atoms with van der Waals surface area (Å²) in [6, 6.07) is 2.07. The molecule has 0 saturated carbocycles. The third kappa shape index (κ3) is 3.35. The average molecular weight is 156 g/mol. The van der Waals surface area contributed by atoms with Crippen LogP contribution < -0.4 is 0 Å². The number of nitrogens with zero attached hydrogens (tertiary/aromatic N) is 2. The van der Waals surface area contributed by atoms with Gasteiger partial charge in [-0.15, -0.1) is 0 Å². The third-order valence-corrected chi connectivity index (χ3v) is 1.98. The molecule has 11 heavy (non-hydrogen) atoms. The molecule has 0 aromatic carbocycles. The van der Waals surface area contributed by atoms with Crippen molar-refractivity contribution in [2.45, 2.75) is 25.8 Å². The first-order chi connectivity index (χ1) is 5.04. The SMILES string of the molecule is CN(CCC#N)C(C)(C)CO. The predicted octanol–water partition coefficient (Wildman–Crippen LogP) is 0.603. The quantitative estimate of drug-likeness (QED) is 0.648. The molecule has 0 aromatic heterocycles. The Labute approximate surface area is 68.2 Å². The molecule has 0 aliphatic carbocycles. The zero-order chi connectivity index (χ0) is 8.91. The minimum absolute atomic E-state index is 0.120. The van der Waals surface area contributed by atoms with E-state index in [1.54, 1.807) is 0 Å². The van der Waals surface area contributed by atoms with E-state index in [0.29, 0.717) is 13.0 Å². The van der Waals surface area contributed by atoms with E-state index in [9.17, 15) is 0 Å². The molecule has 0 aromatic rings. The van der Waals surface area contributed by atoms with E-state index in [1.807, 2.05) is 25.8 Å². The highest BCUT2D eigenvalue weighted by Crippen LogP contribution is 2.10. The van der Waals surface area contributed by atoms with Gasteiger partial charge >= 0.3 is 0 Å². The molecule has 0 spiro atoms. The van der Waals surface area contributed by atoms with Crippen molar-refractivity contribution in [3.8, 4) is 6.07 Å². The van der Waals surface area contributed by atoms with Crippen LogP contribution in [0.3, 0.4) is 0 Å². The lowest BCUT2D eigenvalue weighted by Crippen LogP contribution is -2.44. The Kier molecular flexibility index (Phi) is 4.09. The minimum atomic E-state index is -0.211. The highest BCUT2D eigenvalue weighted by atomic mass is 16.3. The van der Waals surface area contributed by atoms with Gasteiger partial charge in [-0.25, -0.2) is 0 Å². The summed E-state index contributed by atoms with van der Waals surface area (Å²) in [4.78, 5) is 1.98. The Bertz CT molecular complexity index is 149. The predicted molar refractivity (Wildman–Crippen MR) is 44.0 cm³/mol. The Morgan fingerprint density at radius 1 is 1.55 bits per heavy atom. The molecule has 64 valence electrons. The van der Waals surface area contributed by atoms with E-state index < -0.39 is 0 Å². The largest absolute Gasteiger partial charge is 0.394 e. The molecule has 0 fully saturated rings. The second-order valence-electron chi connectivity index (χ2n) is 3.30. The lowest BCUT2D eigenvalue weighted by Gasteiger charge is -2.33. The van der Waals surface area contributed by atoms with E-state index in [4.69, 9.17) is 10.4 Å². The maximum Gasteiger partial charge on any atom is 0.0635 e. The molecule has 0 amide bonds. The molecule has 3 nitrogen and oxygen atoms in total. The summed E-state index contributed by atoms with van der Waals surface area (Å²) < 4.78 is 0. The minimum Gasteiger partial charge on any atom is -0.394 e. The molecule has 0 aliphatic rings. The molecular formula is C8H16N2O. The van der Waals surface area contributed by atoms with Crippen LogP contribution >= 0.6 is 0 Å². The second kappa shape index (κ2) is 4.32. The van der Waals surface area contributed by atoms with Crippen LogP contribution in [0.15, 0.2) is 0 Å². The monoisotopic (exact) mass is 156 g/mol. The van der Waals surface area contributed by atoms with Gasteiger partial charge in [-0.05, 0) is 20.9 Å². The van der Waals surface area contributed by atoms with Gasteiger partial charge in [0.25, 0.3) is 0 Å². The Morgan fingerprint density at radius 3 is 2.45 bits per heavy atom. The topological polar surface area (TPSA) is 47.3 Å². The normalized spacial score (nSPS) is 11.6. The highest BCUT2D eigenvalue weighted by Gasteiger charge is 2.21. The zero-order valence-electron chi connectivity index (χ0n) is 7.46. The van der Waals surface area contributed by atoms with Crippen molar-refractivity contribution in [3.63, 3.8) is 0 Å². The number of aliphatic hydroxyl groups is 1. The van der Waals surface area contributed by atoms with Crippen LogP contribution in [0, 0.1) is 11.3 Å². The van der Waals surface area contributed by atoms with Gasteiger partial charge in [0.05, 0.1) is 12.7 Å². The van der Waals surface area contributed by atoms with Gasteiger partial charge in [0, 0.05) is 18.5 Å². The van der Waals surface area contributed by atoms with Crippen LogP contribution in [0.2, 0.25) is 0 Å². The first kappa shape index (κ1) is 10.4. The summed E-state index contributed by atoms with van der Waals surface area (Å²) in [6.07, 6.45) is 0.514. The van der Waals surface area contributed by atoms with E-state index in [1.165, 1.54) is 0 Å². The first-order valence-electron chi connectivity index (χ1n) is 3.73. The molecule has 0 heterocycles. The third-order valence-electron chi connectivity index (χ3n) is 1.98. The Balaban J connectivity index is 3.83. The van der Waals surface area contributed by atoms with Crippen molar-refractivity contribution in [1.29, 1.82) is 5.26 Å². The summed E-state index contributed by atoms with van der Waals surface area (Å²) in [7, 11) is 1.91. The number of aliphatic hydroxyl groups excluding tert-OH is 1. The number of likely N-dealkylation sites (N-methyl/N-ethyl adjacent to an activating group) is 1. The summed E-state index contributed by atoms with van der Waals surface area (Å²) in [5.74, 6) is 0. The average Bonchev–Trinajstić information content (AvgIpc) is 2.00. The van der Waals surface area contributed by atoms with Crippen molar-refractivity contribution in [2.24, 2.45) is 0 Å². The van der Waals surface area contributed by atoms with Gasteiger partial charge in [0.1, 0.15) is 0 Å². The van der Waals surface area contributed by atoms with Crippen molar-refractivity contribution in [1.82, 2.24) is 4.90 Å². The summed E-state index contributed by atoms with van der Waals surface area (Å²) in [6.45, 7) is 4.73. The zero-order valence-corrected chi connectivity index (χ0v) is 7.46. The lowest BCUT2D eigenvalue weighted by atomic mass is 10.1. The van der Waals surface area contributed by atoms with Gasteiger partial charge < -0.3 is 5.11 Å². The fraction of sp³-hybridized carbons (Fsp3) is 0.875. The summed E-state index contributed by atoms with van der Waals surface area (Å²) in [5.41, 5.74) is -0.211.